The lowest BCUT2D eigenvalue weighted by atomic mass is 9.98. The quantitative estimate of drug-likeness (QED) is 0.579. The first-order valence-corrected chi connectivity index (χ1v) is 9.92. The number of pyridine rings is 1. The Hall–Kier alpha value is -2.48. The van der Waals surface area contributed by atoms with Crippen LogP contribution in [-0.4, -0.2) is 57.4 Å². The number of hydrogen-bond donors (Lipinski definition) is 3. The molecule has 0 spiro atoms. The second kappa shape index (κ2) is 10.8. The second-order valence-electron chi connectivity index (χ2n) is 7.25. The molecule has 8 nitrogen and oxygen atoms in total. The van der Waals surface area contributed by atoms with Crippen LogP contribution in [0.3, 0.4) is 0 Å². The van der Waals surface area contributed by atoms with Gasteiger partial charge in [0, 0.05) is 25.4 Å². The summed E-state index contributed by atoms with van der Waals surface area (Å²) in [4.78, 5) is 42.6. The Morgan fingerprint density at radius 2 is 2.04 bits per heavy atom. The molecule has 8 heteroatoms. The van der Waals surface area contributed by atoms with Gasteiger partial charge in [0.1, 0.15) is 12.1 Å². The molecule has 1 aromatic rings. The number of nitrogens with one attached hydrogen (secondary N) is 1. The van der Waals surface area contributed by atoms with Crippen LogP contribution in [0.25, 0.3) is 0 Å². The van der Waals surface area contributed by atoms with Gasteiger partial charge in [-0.15, -0.1) is 0 Å². The summed E-state index contributed by atoms with van der Waals surface area (Å²) >= 11 is 0. The molecule has 2 rings (SSSR count). The highest BCUT2D eigenvalue weighted by atomic mass is 16.4. The molecule has 0 bridgehead atoms. The van der Waals surface area contributed by atoms with E-state index in [1.807, 2.05) is 6.92 Å². The Labute approximate surface area is 165 Å². The predicted molar refractivity (Wildman–Crippen MR) is 104 cm³/mol. The van der Waals surface area contributed by atoms with Gasteiger partial charge in [0.15, 0.2) is 0 Å². The maximum absolute atomic E-state index is 13.2. The molecule has 0 saturated carbocycles. The van der Waals surface area contributed by atoms with Crippen molar-refractivity contribution in [3.8, 4) is 0 Å². The van der Waals surface area contributed by atoms with Gasteiger partial charge in [-0.25, -0.2) is 4.79 Å². The maximum atomic E-state index is 13.2. The van der Waals surface area contributed by atoms with E-state index in [0.29, 0.717) is 19.4 Å². The number of aliphatic carboxylic acids is 1. The molecule has 28 heavy (non-hydrogen) atoms. The molecule has 4 N–H and O–H groups in total. The zero-order chi connectivity index (χ0) is 20.5. The van der Waals surface area contributed by atoms with E-state index in [1.54, 1.807) is 24.5 Å². The third kappa shape index (κ3) is 6.02. The van der Waals surface area contributed by atoms with Gasteiger partial charge in [-0.3, -0.25) is 14.6 Å². The highest BCUT2D eigenvalue weighted by Crippen LogP contribution is 2.19. The molecule has 1 aliphatic heterocycles. The standard InChI is InChI=1S/C20H30N4O4/c1-2-3-6-15(21)18(25)23-16(13-14-8-10-22-11-9-14)19(26)24-12-5-4-7-17(24)20(27)28/h8-11,15-17H,2-7,12-13,21H2,1H3,(H,23,25)(H,27,28)/t15-,16-,17-/m0/s1. The third-order valence-electron chi connectivity index (χ3n) is 5.08. The monoisotopic (exact) mass is 390 g/mol. The Morgan fingerprint density at radius 3 is 2.68 bits per heavy atom. The zero-order valence-corrected chi connectivity index (χ0v) is 16.3. The number of nitrogens with zero attached hydrogens (tertiary/aromatic N) is 2. The van der Waals surface area contributed by atoms with Crippen molar-refractivity contribution in [2.45, 2.75) is 70.0 Å². The molecular formula is C20H30N4O4. The van der Waals surface area contributed by atoms with Crippen LogP contribution < -0.4 is 11.1 Å². The lowest BCUT2D eigenvalue weighted by Crippen LogP contribution is -2.57. The van der Waals surface area contributed by atoms with Gasteiger partial charge in [-0.05, 0) is 43.4 Å². The van der Waals surface area contributed by atoms with Crippen LogP contribution >= 0.6 is 0 Å². The summed E-state index contributed by atoms with van der Waals surface area (Å²) in [5.74, 6) is -1.77. The van der Waals surface area contributed by atoms with Crippen LogP contribution in [0.5, 0.6) is 0 Å². The van der Waals surface area contributed by atoms with Crippen molar-refractivity contribution in [3.63, 3.8) is 0 Å². The van der Waals surface area contributed by atoms with Gasteiger partial charge < -0.3 is 21.1 Å². The fourth-order valence-corrected chi connectivity index (χ4v) is 3.44. The molecule has 2 heterocycles. The lowest BCUT2D eigenvalue weighted by molar-refractivity contribution is -0.153. The van der Waals surface area contributed by atoms with Crippen LogP contribution in [0.2, 0.25) is 0 Å². The number of carboxylic acid groups (broad SMARTS) is 1. The number of hydrogen-bond acceptors (Lipinski definition) is 5. The maximum Gasteiger partial charge on any atom is 0.326 e. The molecular weight excluding hydrogens is 360 g/mol. The number of aromatic nitrogens is 1. The van der Waals surface area contributed by atoms with Gasteiger partial charge in [-0.2, -0.15) is 0 Å². The Morgan fingerprint density at radius 1 is 1.32 bits per heavy atom. The molecule has 2 amide bonds. The summed E-state index contributed by atoms with van der Waals surface area (Å²) < 4.78 is 0. The Balaban J connectivity index is 2.17. The Kier molecular flexibility index (Phi) is 8.38. The van der Waals surface area contributed by atoms with Crippen molar-refractivity contribution in [2.75, 3.05) is 6.54 Å². The predicted octanol–water partition coefficient (Wildman–Crippen LogP) is 1.09. The number of carboxylic acids is 1. The summed E-state index contributed by atoms with van der Waals surface area (Å²) in [5, 5.41) is 12.2. The highest BCUT2D eigenvalue weighted by molar-refractivity contribution is 5.92. The van der Waals surface area contributed by atoms with E-state index in [1.165, 1.54) is 4.90 Å². The summed E-state index contributed by atoms with van der Waals surface area (Å²) in [6.07, 6.45) is 7.73. The minimum Gasteiger partial charge on any atom is -0.480 e. The van der Waals surface area contributed by atoms with Crippen LogP contribution in [0, 0.1) is 0 Å². The molecule has 0 aromatic carbocycles. The van der Waals surface area contributed by atoms with Crippen molar-refractivity contribution < 1.29 is 19.5 Å². The summed E-state index contributed by atoms with van der Waals surface area (Å²) in [5.41, 5.74) is 6.79. The van der Waals surface area contributed by atoms with E-state index in [0.717, 1.165) is 31.2 Å². The fraction of sp³-hybridized carbons (Fsp3) is 0.600. The number of unbranched alkanes of at least 4 members (excludes halogenated alkanes) is 1. The van der Waals surface area contributed by atoms with Gasteiger partial charge in [-0.1, -0.05) is 19.8 Å². The van der Waals surface area contributed by atoms with E-state index in [9.17, 15) is 19.5 Å². The number of nitrogens with two attached hydrogens (primary N) is 1. The van der Waals surface area contributed by atoms with Gasteiger partial charge in [0.2, 0.25) is 11.8 Å². The first-order valence-electron chi connectivity index (χ1n) is 9.92. The number of likely N-dealkylation sites (tertiary alicyclic amines) is 1. The number of carbonyl (C=O) groups excluding carboxylic acids is 2. The molecule has 1 aromatic heterocycles. The van der Waals surface area contributed by atoms with Crippen LogP contribution in [-0.2, 0) is 20.8 Å². The third-order valence-corrected chi connectivity index (χ3v) is 5.08. The number of rotatable bonds is 9. The Bertz CT molecular complexity index is 667. The molecule has 0 unspecified atom stereocenters. The average Bonchev–Trinajstić information content (AvgIpc) is 2.71. The molecule has 154 valence electrons. The van der Waals surface area contributed by atoms with Crippen molar-refractivity contribution in [3.05, 3.63) is 30.1 Å². The number of amides is 2. The molecule has 1 aliphatic rings. The lowest BCUT2D eigenvalue weighted by Gasteiger charge is -2.35. The SMILES string of the molecule is CCCC[C@H](N)C(=O)N[C@@H](Cc1ccncc1)C(=O)N1CCCC[C@H]1C(=O)O. The van der Waals surface area contributed by atoms with Crippen LogP contribution in [0.4, 0.5) is 0 Å². The molecule has 0 aliphatic carbocycles. The minimum atomic E-state index is -1.01. The topological polar surface area (TPSA) is 126 Å². The first-order chi connectivity index (χ1) is 13.4. The second-order valence-corrected chi connectivity index (χ2v) is 7.25. The van der Waals surface area contributed by atoms with E-state index in [2.05, 4.69) is 10.3 Å². The van der Waals surface area contributed by atoms with Gasteiger partial charge in [0.25, 0.3) is 0 Å². The van der Waals surface area contributed by atoms with Gasteiger partial charge in [0.05, 0.1) is 6.04 Å². The van der Waals surface area contributed by atoms with E-state index < -0.39 is 24.1 Å². The molecule has 0 radical (unpaired) electrons. The minimum absolute atomic E-state index is 0.260. The van der Waals surface area contributed by atoms with Gasteiger partial charge >= 0.3 is 5.97 Å². The van der Waals surface area contributed by atoms with E-state index >= 15 is 0 Å². The summed E-state index contributed by atoms with van der Waals surface area (Å²) in [6.45, 7) is 2.39. The summed E-state index contributed by atoms with van der Waals surface area (Å²) in [7, 11) is 0. The molecule has 3 atom stereocenters. The van der Waals surface area contributed by atoms with Crippen molar-refractivity contribution in [1.82, 2.24) is 15.2 Å². The van der Waals surface area contributed by atoms with Crippen molar-refractivity contribution in [2.24, 2.45) is 5.73 Å². The largest absolute Gasteiger partial charge is 0.480 e. The van der Waals surface area contributed by atoms with Crippen molar-refractivity contribution in [1.29, 1.82) is 0 Å². The molecule has 1 fully saturated rings. The van der Waals surface area contributed by atoms with E-state index in [-0.39, 0.29) is 18.2 Å². The highest BCUT2D eigenvalue weighted by Gasteiger charge is 2.36. The van der Waals surface area contributed by atoms with E-state index in [4.69, 9.17) is 5.73 Å². The average molecular weight is 390 g/mol. The summed E-state index contributed by atoms with van der Waals surface area (Å²) in [6, 6.07) is 1.14. The van der Waals surface area contributed by atoms with Crippen LogP contribution in [0.1, 0.15) is 51.0 Å². The fourth-order valence-electron chi connectivity index (χ4n) is 3.44. The van der Waals surface area contributed by atoms with Crippen LogP contribution in [0.15, 0.2) is 24.5 Å². The molecule has 1 saturated heterocycles. The smallest absolute Gasteiger partial charge is 0.326 e. The zero-order valence-electron chi connectivity index (χ0n) is 16.3. The first kappa shape index (κ1) is 21.8. The number of piperidine rings is 1. The normalized spacial score (nSPS) is 18.9. The number of carbonyl (C=O) groups is 3. The van der Waals surface area contributed by atoms with Crippen molar-refractivity contribution >= 4 is 17.8 Å².